The number of hydrogen-bond acceptors (Lipinski definition) is 6. The van der Waals surface area contributed by atoms with Gasteiger partial charge in [-0.05, 0) is 24.3 Å². The summed E-state index contributed by atoms with van der Waals surface area (Å²) in [6.45, 7) is 3.02. The highest BCUT2D eigenvalue weighted by atomic mass is 16.5. The molecule has 1 aliphatic heterocycles. The minimum atomic E-state index is -0.514. The summed E-state index contributed by atoms with van der Waals surface area (Å²) < 4.78 is 10.9. The summed E-state index contributed by atoms with van der Waals surface area (Å²) in [6, 6.07) is 11.6. The maximum Gasteiger partial charge on any atom is 0.292 e. The summed E-state index contributed by atoms with van der Waals surface area (Å²) in [5, 5.41) is 3.10. The van der Waals surface area contributed by atoms with E-state index >= 15 is 0 Å². The van der Waals surface area contributed by atoms with E-state index in [1.807, 2.05) is 6.07 Å². The van der Waals surface area contributed by atoms with E-state index in [4.69, 9.17) is 9.15 Å². The number of ether oxygens (including phenoxy) is 1. The number of pyridine rings is 1. The lowest BCUT2D eigenvalue weighted by molar-refractivity contribution is 0.0997. The van der Waals surface area contributed by atoms with Crippen molar-refractivity contribution in [1.82, 2.24) is 4.98 Å². The molecule has 0 spiro atoms. The molecule has 4 rings (SSSR count). The molecule has 0 saturated carbocycles. The Morgan fingerprint density at radius 2 is 1.92 bits per heavy atom. The van der Waals surface area contributed by atoms with Gasteiger partial charge in [-0.15, -0.1) is 0 Å². The van der Waals surface area contributed by atoms with Gasteiger partial charge in [0.05, 0.1) is 30.5 Å². The number of nitrogens with zero attached hydrogens (tertiary/aromatic N) is 2. The minimum Gasteiger partial charge on any atom is -0.451 e. The van der Waals surface area contributed by atoms with Gasteiger partial charge in [-0.3, -0.25) is 9.59 Å². The molecule has 3 heterocycles. The summed E-state index contributed by atoms with van der Waals surface area (Å²) in [7, 11) is 0. The highest BCUT2D eigenvalue weighted by Gasteiger charge is 2.14. The fraction of sp³-hybridized carbons (Fsp3) is 0.211. The highest BCUT2D eigenvalue weighted by molar-refractivity contribution is 6.02. The van der Waals surface area contributed by atoms with Crippen LogP contribution in [0, 0.1) is 0 Å². The second-order valence-corrected chi connectivity index (χ2v) is 5.93. The molecular formula is C19H17N3O4. The zero-order chi connectivity index (χ0) is 17.9. The number of rotatable bonds is 3. The number of para-hydroxylation sites is 1. The number of hydrogen-bond donors (Lipinski definition) is 1. The number of benzene rings is 1. The van der Waals surface area contributed by atoms with Gasteiger partial charge in [0.2, 0.25) is 0 Å². The Bertz CT molecular complexity index is 992. The van der Waals surface area contributed by atoms with Crippen molar-refractivity contribution in [2.45, 2.75) is 0 Å². The van der Waals surface area contributed by atoms with E-state index in [9.17, 15) is 9.59 Å². The SMILES string of the molecule is O=C(Nc1ccc(N2CCOCC2)cn1)c1cc(=O)c2ccccc2o1. The van der Waals surface area contributed by atoms with Crippen molar-refractivity contribution < 1.29 is 13.9 Å². The smallest absolute Gasteiger partial charge is 0.292 e. The Kier molecular flexibility index (Phi) is 4.37. The first-order valence-corrected chi connectivity index (χ1v) is 8.34. The number of carbonyl (C=O) groups is 1. The first kappa shape index (κ1) is 16.3. The van der Waals surface area contributed by atoms with Crippen molar-refractivity contribution in [3.05, 3.63) is 64.6 Å². The van der Waals surface area contributed by atoms with Crippen molar-refractivity contribution in [2.24, 2.45) is 0 Å². The standard InChI is InChI=1S/C19H17N3O4/c23-15-11-17(26-16-4-2-1-3-14(15)16)19(24)21-18-6-5-13(12-20-18)22-7-9-25-10-8-22/h1-6,11-12H,7-10H2,(H,20,21,24). The monoisotopic (exact) mass is 351 g/mol. The van der Waals surface area contributed by atoms with Gasteiger partial charge in [-0.1, -0.05) is 12.1 Å². The average Bonchev–Trinajstić information content (AvgIpc) is 2.69. The second kappa shape index (κ2) is 6.97. The van der Waals surface area contributed by atoms with Crippen molar-refractivity contribution in [3.63, 3.8) is 0 Å². The van der Waals surface area contributed by atoms with Crippen LogP contribution < -0.4 is 15.6 Å². The normalized spacial score (nSPS) is 14.4. The molecule has 26 heavy (non-hydrogen) atoms. The lowest BCUT2D eigenvalue weighted by Crippen LogP contribution is -2.36. The van der Waals surface area contributed by atoms with Crippen molar-refractivity contribution >= 4 is 28.4 Å². The number of aromatic nitrogens is 1. The Balaban J connectivity index is 1.52. The summed E-state index contributed by atoms with van der Waals surface area (Å²) in [4.78, 5) is 30.9. The van der Waals surface area contributed by atoms with Crippen molar-refractivity contribution in [2.75, 3.05) is 36.5 Å². The molecular weight excluding hydrogens is 334 g/mol. The van der Waals surface area contributed by atoms with Crippen LogP contribution in [0.4, 0.5) is 11.5 Å². The van der Waals surface area contributed by atoms with Crippen LogP contribution >= 0.6 is 0 Å². The molecule has 0 aliphatic carbocycles. The lowest BCUT2D eigenvalue weighted by atomic mass is 10.2. The Morgan fingerprint density at radius 3 is 2.69 bits per heavy atom. The predicted octanol–water partition coefficient (Wildman–Crippen LogP) is 2.28. The first-order valence-electron chi connectivity index (χ1n) is 8.34. The lowest BCUT2D eigenvalue weighted by Gasteiger charge is -2.28. The van der Waals surface area contributed by atoms with Crippen LogP contribution in [0.1, 0.15) is 10.6 Å². The molecule has 0 atom stereocenters. The zero-order valence-corrected chi connectivity index (χ0v) is 14.0. The van der Waals surface area contributed by atoms with Gasteiger partial charge in [0.1, 0.15) is 11.4 Å². The predicted molar refractivity (Wildman–Crippen MR) is 97.7 cm³/mol. The number of carbonyl (C=O) groups excluding carboxylic acids is 1. The minimum absolute atomic E-state index is 0.0484. The van der Waals surface area contributed by atoms with Crippen LogP contribution in [0.25, 0.3) is 11.0 Å². The molecule has 7 nitrogen and oxygen atoms in total. The molecule has 7 heteroatoms. The Labute approximate surface area is 149 Å². The number of morpholine rings is 1. The number of anilines is 2. The third-order valence-electron chi connectivity index (χ3n) is 4.22. The van der Waals surface area contributed by atoms with Gasteiger partial charge in [-0.25, -0.2) is 4.98 Å². The molecule has 0 bridgehead atoms. The van der Waals surface area contributed by atoms with Crippen LogP contribution in [0.3, 0.4) is 0 Å². The molecule has 1 aromatic carbocycles. The largest absolute Gasteiger partial charge is 0.451 e. The highest BCUT2D eigenvalue weighted by Crippen LogP contribution is 2.17. The summed E-state index contributed by atoms with van der Waals surface area (Å²) in [5.41, 5.74) is 1.09. The fourth-order valence-electron chi connectivity index (χ4n) is 2.86. The Morgan fingerprint density at radius 1 is 1.12 bits per heavy atom. The molecule has 132 valence electrons. The summed E-state index contributed by atoms with van der Waals surface area (Å²) in [6.07, 6.45) is 1.71. The average molecular weight is 351 g/mol. The van der Waals surface area contributed by atoms with Gasteiger partial charge in [0, 0.05) is 19.2 Å². The molecule has 1 amide bonds. The van der Waals surface area contributed by atoms with Gasteiger partial charge >= 0.3 is 0 Å². The topological polar surface area (TPSA) is 84.7 Å². The zero-order valence-electron chi connectivity index (χ0n) is 14.0. The van der Waals surface area contributed by atoms with Crippen molar-refractivity contribution in [3.8, 4) is 0 Å². The van der Waals surface area contributed by atoms with E-state index in [1.165, 1.54) is 6.07 Å². The maximum absolute atomic E-state index is 12.4. The van der Waals surface area contributed by atoms with Gasteiger partial charge in [0.25, 0.3) is 5.91 Å². The van der Waals surface area contributed by atoms with Gasteiger partial charge < -0.3 is 19.4 Å². The number of amides is 1. The number of fused-ring (bicyclic) bond motifs is 1. The first-order chi connectivity index (χ1) is 12.7. The van der Waals surface area contributed by atoms with Crippen molar-refractivity contribution in [1.29, 1.82) is 0 Å². The van der Waals surface area contributed by atoms with E-state index in [2.05, 4.69) is 15.2 Å². The quantitative estimate of drug-likeness (QED) is 0.779. The van der Waals surface area contributed by atoms with Gasteiger partial charge in [-0.2, -0.15) is 0 Å². The molecule has 1 fully saturated rings. The fourth-order valence-corrected chi connectivity index (χ4v) is 2.86. The molecule has 2 aromatic heterocycles. The second-order valence-electron chi connectivity index (χ2n) is 5.93. The van der Waals surface area contributed by atoms with Crippen LogP contribution in [0.2, 0.25) is 0 Å². The third kappa shape index (κ3) is 3.29. The third-order valence-corrected chi connectivity index (χ3v) is 4.22. The van der Waals surface area contributed by atoms with Crippen LogP contribution in [0.15, 0.2) is 57.9 Å². The molecule has 0 unspecified atom stereocenters. The number of nitrogens with one attached hydrogen (secondary N) is 1. The molecule has 1 saturated heterocycles. The van der Waals surface area contributed by atoms with E-state index in [0.29, 0.717) is 30.0 Å². The van der Waals surface area contributed by atoms with Crippen LogP contribution in [-0.2, 0) is 4.74 Å². The van der Waals surface area contributed by atoms with Crippen LogP contribution in [-0.4, -0.2) is 37.2 Å². The molecule has 1 N–H and O–H groups in total. The summed E-state index contributed by atoms with van der Waals surface area (Å²) >= 11 is 0. The molecule has 0 radical (unpaired) electrons. The Hall–Kier alpha value is -3.19. The maximum atomic E-state index is 12.4. The van der Waals surface area contributed by atoms with E-state index in [1.54, 1.807) is 36.5 Å². The van der Waals surface area contributed by atoms with E-state index in [-0.39, 0.29) is 11.2 Å². The molecule has 3 aromatic rings. The van der Waals surface area contributed by atoms with Gasteiger partial charge in [0.15, 0.2) is 11.2 Å². The van der Waals surface area contributed by atoms with E-state index < -0.39 is 5.91 Å². The van der Waals surface area contributed by atoms with Crippen LogP contribution in [0.5, 0.6) is 0 Å². The summed E-state index contributed by atoms with van der Waals surface area (Å²) in [5.74, 6) is -0.171. The van der Waals surface area contributed by atoms with E-state index in [0.717, 1.165) is 18.8 Å². The molecule has 1 aliphatic rings.